The lowest BCUT2D eigenvalue weighted by Crippen LogP contribution is -2.49. The summed E-state index contributed by atoms with van der Waals surface area (Å²) in [6.07, 6.45) is 0.496. The third-order valence-electron chi connectivity index (χ3n) is 7.04. The summed E-state index contributed by atoms with van der Waals surface area (Å²) in [5, 5.41) is 0.663. The summed E-state index contributed by atoms with van der Waals surface area (Å²) in [6.45, 7) is 4.85. The monoisotopic (exact) mass is 507 g/mol. The Morgan fingerprint density at radius 3 is 2.47 bits per heavy atom. The van der Waals surface area contributed by atoms with Crippen molar-refractivity contribution >= 4 is 10.9 Å². The number of likely N-dealkylation sites (tertiary alicyclic amines) is 1. The van der Waals surface area contributed by atoms with Gasteiger partial charge >= 0.3 is 0 Å². The van der Waals surface area contributed by atoms with Gasteiger partial charge in [0, 0.05) is 67.4 Å². The van der Waals surface area contributed by atoms with Gasteiger partial charge < -0.3 is 9.72 Å². The fourth-order valence-electron chi connectivity index (χ4n) is 5.46. The maximum atomic E-state index is 15.5. The SMILES string of the molecule is CC(C)(F)CN1CCc2c([nH]c3c(F)cccc23)[C@@H]1c1c(F)cc(OCCN2CC(CF)C2)cc1F. The summed E-state index contributed by atoms with van der Waals surface area (Å²) in [7, 11) is 0. The summed E-state index contributed by atoms with van der Waals surface area (Å²) < 4.78 is 78.4. The minimum Gasteiger partial charge on any atom is -0.492 e. The van der Waals surface area contributed by atoms with Crippen molar-refractivity contribution in [2.24, 2.45) is 5.92 Å². The molecule has 194 valence electrons. The van der Waals surface area contributed by atoms with Crippen LogP contribution in [0, 0.1) is 23.4 Å². The lowest BCUT2D eigenvalue weighted by molar-refractivity contribution is 0.0667. The van der Waals surface area contributed by atoms with Crippen LogP contribution in [0.4, 0.5) is 22.0 Å². The van der Waals surface area contributed by atoms with Crippen LogP contribution in [0.2, 0.25) is 0 Å². The third-order valence-corrected chi connectivity index (χ3v) is 7.04. The predicted octanol–water partition coefficient (Wildman–Crippen LogP) is 5.56. The number of nitrogens with one attached hydrogen (secondary N) is 1. The molecule has 1 fully saturated rings. The molecule has 1 aromatic heterocycles. The zero-order valence-corrected chi connectivity index (χ0v) is 20.4. The molecule has 0 aliphatic carbocycles. The zero-order chi connectivity index (χ0) is 25.6. The van der Waals surface area contributed by atoms with Crippen LogP contribution < -0.4 is 4.74 Å². The molecule has 0 unspecified atom stereocenters. The van der Waals surface area contributed by atoms with E-state index in [1.165, 1.54) is 19.9 Å². The van der Waals surface area contributed by atoms with Gasteiger partial charge in [0.2, 0.25) is 0 Å². The van der Waals surface area contributed by atoms with E-state index in [0.717, 1.165) is 17.7 Å². The Bertz CT molecular complexity index is 1230. The van der Waals surface area contributed by atoms with Gasteiger partial charge in [-0.05, 0) is 31.9 Å². The highest BCUT2D eigenvalue weighted by Gasteiger charge is 2.38. The number of ether oxygens (including phenoxy) is 1. The molecule has 0 spiro atoms. The Balaban J connectivity index is 1.46. The number of fused-ring (bicyclic) bond motifs is 3. The molecule has 2 aliphatic heterocycles. The highest BCUT2D eigenvalue weighted by Crippen LogP contribution is 2.42. The molecule has 2 aromatic carbocycles. The summed E-state index contributed by atoms with van der Waals surface area (Å²) in [5.74, 6) is -1.99. The number of H-pyrrole nitrogens is 1. The van der Waals surface area contributed by atoms with E-state index >= 15 is 8.78 Å². The number of alkyl halides is 2. The summed E-state index contributed by atoms with van der Waals surface area (Å²) in [4.78, 5) is 6.76. The first-order valence-corrected chi connectivity index (χ1v) is 12.3. The van der Waals surface area contributed by atoms with E-state index in [2.05, 4.69) is 4.98 Å². The maximum absolute atomic E-state index is 15.5. The Morgan fingerprint density at radius 1 is 1.08 bits per heavy atom. The van der Waals surface area contributed by atoms with Crippen molar-refractivity contribution in [1.82, 2.24) is 14.8 Å². The average Bonchev–Trinajstić information content (AvgIpc) is 3.15. The number of para-hydroxylation sites is 1. The number of aromatic amines is 1. The minimum absolute atomic E-state index is 0.0485. The second kappa shape index (κ2) is 9.67. The molecule has 0 radical (unpaired) electrons. The number of halogens is 5. The molecule has 3 heterocycles. The van der Waals surface area contributed by atoms with Gasteiger partial charge in [0.25, 0.3) is 0 Å². The van der Waals surface area contributed by atoms with Gasteiger partial charge in [0.05, 0.1) is 18.2 Å². The van der Waals surface area contributed by atoms with Gasteiger partial charge in [0.15, 0.2) is 0 Å². The minimum atomic E-state index is -1.61. The average molecular weight is 508 g/mol. The van der Waals surface area contributed by atoms with Crippen LogP contribution in [0.5, 0.6) is 5.75 Å². The fourth-order valence-corrected chi connectivity index (χ4v) is 5.46. The number of nitrogens with zero attached hydrogens (tertiary/aromatic N) is 2. The Labute approximate surface area is 207 Å². The Kier molecular flexibility index (Phi) is 6.72. The molecule has 1 saturated heterocycles. The number of benzene rings is 2. The standard InChI is InChI=1S/C27H30F5N3O/c1-27(2,32)15-35-7-6-19-18-4-3-5-20(29)24(18)33-25(19)26(35)23-21(30)10-17(11-22(23)31)36-9-8-34-13-16(12-28)14-34/h3-5,10-11,16,26,33H,6-9,12-15H2,1-2H3/t26-/m0/s1. The number of rotatable bonds is 8. The molecule has 2 aliphatic rings. The van der Waals surface area contributed by atoms with Crippen molar-refractivity contribution in [3.8, 4) is 5.75 Å². The lowest BCUT2D eigenvalue weighted by Gasteiger charge is -2.38. The first-order chi connectivity index (χ1) is 17.1. The van der Waals surface area contributed by atoms with E-state index in [4.69, 9.17) is 4.74 Å². The molecule has 4 nitrogen and oxygen atoms in total. The van der Waals surface area contributed by atoms with Crippen LogP contribution in [0.3, 0.4) is 0 Å². The normalized spacial score (nSPS) is 19.5. The topological polar surface area (TPSA) is 31.5 Å². The van der Waals surface area contributed by atoms with Gasteiger partial charge in [-0.25, -0.2) is 17.6 Å². The molecule has 5 rings (SSSR count). The Hall–Kier alpha value is -2.65. The van der Waals surface area contributed by atoms with Gasteiger partial charge in [-0.2, -0.15) is 0 Å². The number of aromatic nitrogens is 1. The second-order valence-corrected chi connectivity index (χ2v) is 10.5. The van der Waals surface area contributed by atoms with E-state index in [0.29, 0.717) is 43.7 Å². The maximum Gasteiger partial charge on any atom is 0.147 e. The largest absolute Gasteiger partial charge is 0.492 e. The molecular weight excluding hydrogens is 477 g/mol. The van der Waals surface area contributed by atoms with Crippen molar-refractivity contribution in [2.45, 2.75) is 32.0 Å². The van der Waals surface area contributed by atoms with E-state index in [-0.39, 0.29) is 42.6 Å². The van der Waals surface area contributed by atoms with E-state index < -0.39 is 29.2 Å². The van der Waals surface area contributed by atoms with Crippen LogP contribution in [-0.2, 0) is 6.42 Å². The predicted molar refractivity (Wildman–Crippen MR) is 128 cm³/mol. The first-order valence-electron chi connectivity index (χ1n) is 12.3. The Morgan fingerprint density at radius 2 is 1.81 bits per heavy atom. The van der Waals surface area contributed by atoms with Gasteiger partial charge in [0.1, 0.15) is 35.5 Å². The highest BCUT2D eigenvalue weighted by molar-refractivity contribution is 5.86. The van der Waals surface area contributed by atoms with Crippen molar-refractivity contribution in [3.63, 3.8) is 0 Å². The summed E-state index contributed by atoms with van der Waals surface area (Å²) in [6, 6.07) is 6.01. The molecule has 0 bridgehead atoms. The van der Waals surface area contributed by atoms with Crippen LogP contribution in [0.1, 0.15) is 36.7 Å². The lowest BCUT2D eigenvalue weighted by atomic mass is 9.90. The molecule has 36 heavy (non-hydrogen) atoms. The smallest absolute Gasteiger partial charge is 0.147 e. The van der Waals surface area contributed by atoms with E-state index in [1.54, 1.807) is 17.0 Å². The van der Waals surface area contributed by atoms with Crippen LogP contribution in [0.25, 0.3) is 10.9 Å². The van der Waals surface area contributed by atoms with Gasteiger partial charge in [-0.3, -0.25) is 14.2 Å². The van der Waals surface area contributed by atoms with E-state index in [9.17, 15) is 13.2 Å². The quantitative estimate of drug-likeness (QED) is 0.405. The fraction of sp³-hybridized carbons (Fsp3) is 0.481. The van der Waals surface area contributed by atoms with Crippen molar-refractivity contribution in [2.75, 3.05) is 46.0 Å². The van der Waals surface area contributed by atoms with Crippen LogP contribution in [-0.4, -0.2) is 66.5 Å². The molecule has 0 saturated carbocycles. The summed E-state index contributed by atoms with van der Waals surface area (Å²) in [5.41, 5.74) is -0.315. The highest BCUT2D eigenvalue weighted by atomic mass is 19.2. The van der Waals surface area contributed by atoms with Gasteiger partial charge in [-0.1, -0.05) is 12.1 Å². The van der Waals surface area contributed by atoms with Crippen molar-refractivity contribution < 1.29 is 26.7 Å². The van der Waals surface area contributed by atoms with Crippen molar-refractivity contribution in [3.05, 3.63) is 64.6 Å². The molecule has 9 heteroatoms. The molecule has 3 aromatic rings. The van der Waals surface area contributed by atoms with E-state index in [1.807, 2.05) is 4.90 Å². The molecule has 1 N–H and O–H groups in total. The number of hydrogen-bond acceptors (Lipinski definition) is 3. The third kappa shape index (κ3) is 4.83. The first kappa shape index (κ1) is 25.0. The summed E-state index contributed by atoms with van der Waals surface area (Å²) >= 11 is 0. The van der Waals surface area contributed by atoms with Crippen molar-refractivity contribution in [1.29, 1.82) is 0 Å². The molecular formula is C27H30F5N3O. The number of hydrogen-bond donors (Lipinski definition) is 1. The molecule has 0 amide bonds. The van der Waals surface area contributed by atoms with Crippen LogP contribution in [0.15, 0.2) is 30.3 Å². The molecule has 1 atom stereocenters. The van der Waals surface area contributed by atoms with Crippen LogP contribution >= 0.6 is 0 Å². The zero-order valence-electron chi connectivity index (χ0n) is 20.4. The second-order valence-electron chi connectivity index (χ2n) is 10.5. The van der Waals surface area contributed by atoms with Gasteiger partial charge in [-0.15, -0.1) is 0 Å².